The minimum absolute atomic E-state index is 0.153. The minimum atomic E-state index is 0.153. The number of thiazole rings is 1. The number of ether oxygens (including phenoxy) is 1. The summed E-state index contributed by atoms with van der Waals surface area (Å²) in [7, 11) is 0. The molecule has 0 spiro atoms. The second-order valence-electron chi connectivity index (χ2n) is 7.48. The average molecular weight is 423 g/mol. The summed E-state index contributed by atoms with van der Waals surface area (Å²) in [6, 6.07) is 9.99. The molecule has 1 saturated heterocycles. The van der Waals surface area contributed by atoms with Gasteiger partial charge in [-0.3, -0.25) is 9.78 Å². The zero-order valence-electron chi connectivity index (χ0n) is 16.6. The Kier molecular flexibility index (Phi) is 5.10. The third-order valence-corrected chi connectivity index (χ3v) is 6.29. The fourth-order valence-corrected chi connectivity index (χ4v) is 4.76. The lowest BCUT2D eigenvalue weighted by Crippen LogP contribution is -2.40. The molecule has 30 heavy (non-hydrogen) atoms. The summed E-state index contributed by atoms with van der Waals surface area (Å²) in [5.41, 5.74) is 1.65. The molecule has 0 radical (unpaired) electrons. The van der Waals surface area contributed by atoms with Crippen LogP contribution in [0.4, 0.5) is 0 Å². The van der Waals surface area contributed by atoms with Crippen LogP contribution in [0, 0.1) is 0 Å². The molecule has 4 aromatic rings. The van der Waals surface area contributed by atoms with Gasteiger partial charge in [0.2, 0.25) is 5.91 Å². The predicted molar refractivity (Wildman–Crippen MR) is 116 cm³/mol. The third kappa shape index (κ3) is 3.88. The predicted octanol–water partition coefficient (Wildman–Crippen LogP) is 4.33. The van der Waals surface area contributed by atoms with Crippen LogP contribution in [0.5, 0.6) is 10.9 Å². The molecule has 4 heterocycles. The second kappa shape index (κ2) is 8.04. The summed E-state index contributed by atoms with van der Waals surface area (Å²) >= 11 is 1.49. The molecule has 0 bridgehead atoms. The van der Waals surface area contributed by atoms with Crippen LogP contribution in [0.15, 0.2) is 47.1 Å². The standard InChI is InChI=1S/C22H22N4O3S/c1-14(27)26-8-2-3-16(26)11-24-12-18-10-15-9-17(4-5-20(15)28-18)29-22-25-19-13-23-7-6-21(19)30-22/h4-7,9-10,13,16,24H,2-3,8,11-12H2,1H3. The van der Waals surface area contributed by atoms with Crippen molar-refractivity contribution < 1.29 is 13.9 Å². The smallest absolute Gasteiger partial charge is 0.279 e. The molecule has 7 nitrogen and oxygen atoms in total. The Labute approximate surface area is 177 Å². The Bertz CT molecular complexity index is 1170. The molecule has 5 rings (SSSR count). The van der Waals surface area contributed by atoms with Crippen LogP contribution in [0.3, 0.4) is 0 Å². The van der Waals surface area contributed by atoms with Crippen molar-refractivity contribution in [3.63, 3.8) is 0 Å². The van der Waals surface area contributed by atoms with Gasteiger partial charge >= 0.3 is 0 Å². The highest BCUT2D eigenvalue weighted by Crippen LogP contribution is 2.32. The van der Waals surface area contributed by atoms with Gasteiger partial charge in [-0.2, -0.15) is 0 Å². The van der Waals surface area contributed by atoms with Gasteiger partial charge in [0, 0.05) is 37.6 Å². The van der Waals surface area contributed by atoms with E-state index in [1.807, 2.05) is 35.2 Å². The molecule has 1 N–H and O–H groups in total. The monoisotopic (exact) mass is 422 g/mol. The molecule has 3 aromatic heterocycles. The van der Waals surface area contributed by atoms with Gasteiger partial charge in [0.1, 0.15) is 22.6 Å². The molecule has 1 aromatic carbocycles. The number of furan rings is 1. The van der Waals surface area contributed by atoms with Crippen LogP contribution in [-0.2, 0) is 11.3 Å². The molecule has 8 heteroatoms. The molecule has 0 saturated carbocycles. The Hall–Kier alpha value is -2.97. The van der Waals surface area contributed by atoms with Crippen LogP contribution in [0.25, 0.3) is 21.2 Å². The van der Waals surface area contributed by atoms with E-state index in [1.54, 1.807) is 19.3 Å². The number of hydrogen-bond donors (Lipinski definition) is 1. The maximum atomic E-state index is 11.7. The molecule has 1 atom stereocenters. The first-order valence-corrected chi connectivity index (χ1v) is 10.9. The number of rotatable bonds is 6. The zero-order chi connectivity index (χ0) is 20.5. The molecule has 1 unspecified atom stereocenters. The van der Waals surface area contributed by atoms with Crippen molar-refractivity contribution in [2.75, 3.05) is 13.1 Å². The lowest BCUT2D eigenvalue weighted by atomic mass is 10.2. The van der Waals surface area contributed by atoms with Crippen LogP contribution >= 0.6 is 11.3 Å². The molecular formula is C22H22N4O3S. The van der Waals surface area contributed by atoms with E-state index in [0.29, 0.717) is 11.7 Å². The highest BCUT2D eigenvalue weighted by atomic mass is 32.1. The highest BCUT2D eigenvalue weighted by Gasteiger charge is 2.25. The Balaban J connectivity index is 1.24. The van der Waals surface area contributed by atoms with E-state index in [4.69, 9.17) is 9.15 Å². The summed E-state index contributed by atoms with van der Waals surface area (Å²) in [5, 5.41) is 5.00. The van der Waals surface area contributed by atoms with Gasteiger partial charge in [0.25, 0.3) is 5.19 Å². The van der Waals surface area contributed by atoms with Crippen molar-refractivity contribution in [3.8, 4) is 10.9 Å². The maximum absolute atomic E-state index is 11.7. The average Bonchev–Trinajstić information content (AvgIpc) is 3.44. The van der Waals surface area contributed by atoms with E-state index >= 15 is 0 Å². The van der Waals surface area contributed by atoms with E-state index in [0.717, 1.165) is 58.6 Å². The number of benzene rings is 1. The summed E-state index contributed by atoms with van der Waals surface area (Å²) in [6.07, 6.45) is 5.61. The van der Waals surface area contributed by atoms with Crippen LogP contribution in [-0.4, -0.2) is 39.9 Å². The van der Waals surface area contributed by atoms with E-state index < -0.39 is 0 Å². The largest absolute Gasteiger partial charge is 0.460 e. The minimum Gasteiger partial charge on any atom is -0.460 e. The quantitative estimate of drug-likeness (QED) is 0.498. The van der Waals surface area contributed by atoms with Crippen molar-refractivity contribution in [2.45, 2.75) is 32.4 Å². The van der Waals surface area contributed by atoms with Crippen molar-refractivity contribution in [2.24, 2.45) is 0 Å². The van der Waals surface area contributed by atoms with Crippen LogP contribution in [0.2, 0.25) is 0 Å². The van der Waals surface area contributed by atoms with Crippen molar-refractivity contribution in [1.82, 2.24) is 20.2 Å². The Morgan fingerprint density at radius 2 is 2.30 bits per heavy atom. The number of aromatic nitrogens is 2. The number of amides is 1. The Morgan fingerprint density at radius 3 is 3.17 bits per heavy atom. The first-order valence-electron chi connectivity index (χ1n) is 10.0. The Morgan fingerprint density at radius 1 is 1.37 bits per heavy atom. The van der Waals surface area contributed by atoms with Gasteiger partial charge in [0.15, 0.2) is 0 Å². The van der Waals surface area contributed by atoms with Crippen molar-refractivity contribution in [1.29, 1.82) is 0 Å². The lowest BCUT2D eigenvalue weighted by molar-refractivity contribution is -0.129. The van der Waals surface area contributed by atoms with Crippen molar-refractivity contribution >= 4 is 38.4 Å². The fourth-order valence-electron chi connectivity index (χ4n) is 3.95. The molecular weight excluding hydrogens is 400 g/mol. The molecule has 154 valence electrons. The summed E-state index contributed by atoms with van der Waals surface area (Å²) in [5.74, 6) is 1.73. The number of carbonyl (C=O) groups excluding carboxylic acids is 1. The fraction of sp³-hybridized carbons (Fsp3) is 0.318. The van der Waals surface area contributed by atoms with Gasteiger partial charge < -0.3 is 19.4 Å². The number of carbonyl (C=O) groups is 1. The summed E-state index contributed by atoms with van der Waals surface area (Å²) in [4.78, 5) is 22.2. The van der Waals surface area contributed by atoms with E-state index in [2.05, 4.69) is 15.3 Å². The van der Waals surface area contributed by atoms with E-state index in [9.17, 15) is 4.79 Å². The third-order valence-electron chi connectivity index (χ3n) is 5.38. The van der Waals surface area contributed by atoms with E-state index in [-0.39, 0.29) is 11.9 Å². The summed E-state index contributed by atoms with van der Waals surface area (Å²) < 4.78 is 12.9. The number of nitrogens with zero attached hydrogens (tertiary/aromatic N) is 3. The molecule has 1 aliphatic rings. The molecule has 1 amide bonds. The van der Waals surface area contributed by atoms with Gasteiger partial charge in [-0.1, -0.05) is 11.3 Å². The number of hydrogen-bond acceptors (Lipinski definition) is 7. The summed E-state index contributed by atoms with van der Waals surface area (Å²) in [6.45, 7) is 3.90. The second-order valence-corrected chi connectivity index (χ2v) is 8.47. The van der Waals surface area contributed by atoms with Gasteiger partial charge in [0.05, 0.1) is 17.4 Å². The number of likely N-dealkylation sites (tertiary alicyclic amines) is 1. The highest BCUT2D eigenvalue weighted by molar-refractivity contribution is 7.20. The molecule has 1 aliphatic heterocycles. The number of nitrogens with one attached hydrogen (secondary N) is 1. The molecule has 1 fully saturated rings. The van der Waals surface area contributed by atoms with Crippen LogP contribution < -0.4 is 10.1 Å². The topological polar surface area (TPSA) is 80.5 Å². The van der Waals surface area contributed by atoms with Crippen LogP contribution in [0.1, 0.15) is 25.5 Å². The maximum Gasteiger partial charge on any atom is 0.279 e. The first kappa shape index (κ1) is 19.0. The normalized spacial score (nSPS) is 16.6. The van der Waals surface area contributed by atoms with Crippen molar-refractivity contribution in [3.05, 3.63) is 48.5 Å². The first-order chi connectivity index (χ1) is 14.7. The molecule has 0 aliphatic carbocycles. The zero-order valence-corrected chi connectivity index (χ0v) is 17.4. The lowest BCUT2D eigenvalue weighted by Gasteiger charge is -2.23. The number of fused-ring (bicyclic) bond motifs is 2. The SMILES string of the molecule is CC(=O)N1CCCC1CNCc1cc2cc(Oc3nc4cnccc4s3)ccc2o1. The number of pyridine rings is 1. The van der Waals surface area contributed by atoms with E-state index in [1.165, 1.54) is 11.3 Å². The van der Waals surface area contributed by atoms with Gasteiger partial charge in [-0.15, -0.1) is 0 Å². The van der Waals surface area contributed by atoms with Gasteiger partial charge in [-0.25, -0.2) is 4.98 Å². The van der Waals surface area contributed by atoms with Gasteiger partial charge in [-0.05, 0) is 43.2 Å².